The minimum atomic E-state index is -4.17. The number of amides is 2. The summed E-state index contributed by atoms with van der Waals surface area (Å²) in [4.78, 5) is 27.6. The number of carbonyl (C=O) groups is 2. The number of carbonyl (C=O) groups excluding carboxylic acids is 2. The molecule has 2 amide bonds. The van der Waals surface area contributed by atoms with E-state index < -0.39 is 34.3 Å². The molecule has 0 saturated carbocycles. The van der Waals surface area contributed by atoms with E-state index >= 15 is 0 Å². The molecule has 196 valence electrons. The first-order valence-corrected chi connectivity index (χ1v) is 13.5. The lowest BCUT2D eigenvalue weighted by Gasteiger charge is -2.32. The fraction of sp³-hybridized carbons (Fsp3) is 0.259. The van der Waals surface area contributed by atoms with Crippen molar-refractivity contribution in [2.24, 2.45) is 0 Å². The van der Waals surface area contributed by atoms with Crippen LogP contribution in [0.3, 0.4) is 0 Å². The second-order valence-corrected chi connectivity index (χ2v) is 10.8. The number of anilines is 1. The zero-order valence-corrected chi connectivity index (χ0v) is 22.4. The maximum atomic E-state index is 13.7. The molecule has 3 aromatic carbocycles. The van der Waals surface area contributed by atoms with Crippen LogP contribution in [0.1, 0.15) is 25.0 Å². The highest BCUT2D eigenvalue weighted by atomic mass is 35.5. The van der Waals surface area contributed by atoms with Crippen LogP contribution < -0.4 is 9.62 Å². The SMILES string of the molecule is CCNC(=O)[C@@H](C)N(Cc1ccc(F)cc1)C(=O)CN(c1cccc(C)c1)S(=O)(=O)c1ccc(Cl)cc1. The van der Waals surface area contributed by atoms with Gasteiger partial charge in [-0.05, 0) is 80.4 Å². The van der Waals surface area contributed by atoms with Gasteiger partial charge in [-0.2, -0.15) is 0 Å². The predicted molar refractivity (Wildman–Crippen MR) is 142 cm³/mol. The number of likely N-dealkylation sites (N-methyl/N-ethyl adjacent to an activating group) is 1. The molecule has 0 fully saturated rings. The third kappa shape index (κ3) is 7.08. The van der Waals surface area contributed by atoms with Gasteiger partial charge in [-0.15, -0.1) is 0 Å². The van der Waals surface area contributed by atoms with Crippen LogP contribution in [0.5, 0.6) is 0 Å². The molecule has 0 heterocycles. The summed E-state index contributed by atoms with van der Waals surface area (Å²) in [5.74, 6) is -1.42. The van der Waals surface area contributed by atoms with Crippen LogP contribution in [-0.2, 0) is 26.2 Å². The van der Waals surface area contributed by atoms with Gasteiger partial charge in [-0.3, -0.25) is 13.9 Å². The van der Waals surface area contributed by atoms with Crippen molar-refractivity contribution in [1.82, 2.24) is 10.2 Å². The summed E-state index contributed by atoms with van der Waals surface area (Å²) < 4.78 is 41.9. The molecule has 0 spiro atoms. The lowest BCUT2D eigenvalue weighted by molar-refractivity contribution is -0.139. The van der Waals surface area contributed by atoms with Crippen LogP contribution in [-0.4, -0.2) is 44.3 Å². The van der Waals surface area contributed by atoms with Crippen molar-refractivity contribution in [3.63, 3.8) is 0 Å². The van der Waals surface area contributed by atoms with Crippen LogP contribution in [0.2, 0.25) is 5.02 Å². The molecule has 0 aliphatic carbocycles. The zero-order chi connectivity index (χ0) is 27.2. The largest absolute Gasteiger partial charge is 0.355 e. The van der Waals surface area contributed by atoms with E-state index in [0.29, 0.717) is 22.8 Å². The molecule has 10 heteroatoms. The Morgan fingerprint density at radius 2 is 1.68 bits per heavy atom. The third-order valence-electron chi connectivity index (χ3n) is 5.75. The quantitative estimate of drug-likeness (QED) is 0.405. The van der Waals surface area contributed by atoms with E-state index in [2.05, 4.69) is 5.32 Å². The predicted octanol–water partition coefficient (Wildman–Crippen LogP) is 4.54. The van der Waals surface area contributed by atoms with E-state index in [0.717, 1.165) is 9.87 Å². The number of nitrogens with one attached hydrogen (secondary N) is 1. The van der Waals surface area contributed by atoms with Crippen molar-refractivity contribution in [3.8, 4) is 0 Å². The van der Waals surface area contributed by atoms with Crippen LogP contribution >= 0.6 is 11.6 Å². The number of hydrogen-bond acceptors (Lipinski definition) is 4. The van der Waals surface area contributed by atoms with E-state index in [1.807, 2.05) is 13.0 Å². The summed E-state index contributed by atoms with van der Waals surface area (Å²) in [6.07, 6.45) is 0. The van der Waals surface area contributed by atoms with E-state index in [-0.39, 0.29) is 17.3 Å². The Bertz CT molecular complexity index is 1350. The second kappa shape index (κ2) is 12.2. The number of nitrogens with zero attached hydrogens (tertiary/aromatic N) is 2. The standard InChI is InChI=1S/C27H29ClFN3O4S/c1-4-30-27(34)20(3)31(17-21-8-12-23(29)13-9-21)26(33)18-32(24-7-5-6-19(2)16-24)37(35,36)25-14-10-22(28)11-15-25/h5-16,20H,4,17-18H2,1-3H3,(H,30,34)/t20-/m1/s1. The molecule has 0 aliphatic heterocycles. The van der Waals surface area contributed by atoms with Crippen LogP contribution in [0.25, 0.3) is 0 Å². The third-order valence-corrected chi connectivity index (χ3v) is 7.79. The molecule has 3 aromatic rings. The molecular weight excluding hydrogens is 517 g/mol. The monoisotopic (exact) mass is 545 g/mol. The summed E-state index contributed by atoms with van der Waals surface area (Å²) in [7, 11) is -4.17. The number of benzene rings is 3. The van der Waals surface area contributed by atoms with E-state index in [9.17, 15) is 22.4 Å². The van der Waals surface area contributed by atoms with Crippen molar-refractivity contribution >= 4 is 39.1 Å². The van der Waals surface area contributed by atoms with Gasteiger partial charge in [0.15, 0.2) is 0 Å². The molecule has 1 atom stereocenters. The van der Waals surface area contributed by atoms with Crippen molar-refractivity contribution in [1.29, 1.82) is 0 Å². The summed E-state index contributed by atoms with van der Waals surface area (Å²) >= 11 is 5.95. The van der Waals surface area contributed by atoms with Gasteiger partial charge in [0.05, 0.1) is 10.6 Å². The lowest BCUT2D eigenvalue weighted by Crippen LogP contribution is -2.51. The van der Waals surface area contributed by atoms with E-state index in [4.69, 9.17) is 11.6 Å². The first kappa shape index (κ1) is 28.1. The normalized spacial score (nSPS) is 12.0. The minimum Gasteiger partial charge on any atom is -0.355 e. The van der Waals surface area contributed by atoms with E-state index in [1.165, 1.54) is 53.4 Å². The molecule has 0 aromatic heterocycles. The summed E-state index contributed by atoms with van der Waals surface area (Å²) in [6.45, 7) is 4.93. The number of aryl methyl sites for hydroxylation is 1. The molecule has 3 rings (SSSR count). The Labute approximate surface area is 221 Å². The highest BCUT2D eigenvalue weighted by Gasteiger charge is 2.32. The Morgan fingerprint density at radius 1 is 1.03 bits per heavy atom. The van der Waals surface area contributed by atoms with Gasteiger partial charge in [0.1, 0.15) is 18.4 Å². The Balaban J connectivity index is 2.02. The average Bonchev–Trinajstić information content (AvgIpc) is 2.86. The van der Waals surface area contributed by atoms with Gasteiger partial charge >= 0.3 is 0 Å². The van der Waals surface area contributed by atoms with Gasteiger partial charge in [-0.1, -0.05) is 35.9 Å². The van der Waals surface area contributed by atoms with Crippen molar-refractivity contribution < 1.29 is 22.4 Å². The first-order chi connectivity index (χ1) is 17.5. The minimum absolute atomic E-state index is 0.0138. The topological polar surface area (TPSA) is 86.8 Å². The molecule has 7 nitrogen and oxygen atoms in total. The number of sulfonamides is 1. The highest BCUT2D eigenvalue weighted by molar-refractivity contribution is 7.92. The zero-order valence-electron chi connectivity index (χ0n) is 20.8. The number of rotatable bonds is 10. The van der Waals surface area contributed by atoms with Crippen molar-refractivity contribution in [2.45, 2.75) is 38.3 Å². The molecule has 0 aliphatic rings. The second-order valence-electron chi connectivity index (χ2n) is 8.52. The van der Waals surface area contributed by atoms with Crippen molar-refractivity contribution in [2.75, 3.05) is 17.4 Å². The van der Waals surface area contributed by atoms with Gasteiger partial charge in [0.25, 0.3) is 10.0 Å². The van der Waals surface area contributed by atoms with Crippen molar-refractivity contribution in [3.05, 3.63) is 94.8 Å². The fourth-order valence-electron chi connectivity index (χ4n) is 3.74. The van der Waals surface area contributed by atoms with Crippen LogP contribution in [0.15, 0.2) is 77.7 Å². The van der Waals surface area contributed by atoms with Gasteiger partial charge in [0.2, 0.25) is 11.8 Å². The Morgan fingerprint density at radius 3 is 2.27 bits per heavy atom. The maximum absolute atomic E-state index is 13.7. The van der Waals surface area contributed by atoms with Crippen LogP contribution in [0.4, 0.5) is 10.1 Å². The van der Waals surface area contributed by atoms with E-state index in [1.54, 1.807) is 32.0 Å². The van der Waals surface area contributed by atoms with Crippen LogP contribution in [0, 0.1) is 12.7 Å². The maximum Gasteiger partial charge on any atom is 0.264 e. The molecule has 1 N–H and O–H groups in total. The lowest BCUT2D eigenvalue weighted by atomic mass is 10.1. The molecule has 0 saturated heterocycles. The summed E-state index contributed by atoms with van der Waals surface area (Å²) in [6, 6.07) is 17.1. The molecule has 0 unspecified atom stereocenters. The molecule has 37 heavy (non-hydrogen) atoms. The summed E-state index contributed by atoms with van der Waals surface area (Å²) in [5, 5.41) is 3.07. The number of halogens is 2. The smallest absolute Gasteiger partial charge is 0.264 e. The molecule has 0 radical (unpaired) electrons. The summed E-state index contributed by atoms with van der Waals surface area (Å²) in [5.41, 5.74) is 1.70. The number of hydrogen-bond donors (Lipinski definition) is 1. The van der Waals surface area contributed by atoms with Gasteiger partial charge in [-0.25, -0.2) is 12.8 Å². The molecular formula is C27H29ClFN3O4S. The first-order valence-electron chi connectivity index (χ1n) is 11.7. The average molecular weight is 546 g/mol. The van der Waals surface area contributed by atoms with Gasteiger partial charge in [0, 0.05) is 18.1 Å². The Kier molecular flexibility index (Phi) is 9.29. The van der Waals surface area contributed by atoms with Gasteiger partial charge < -0.3 is 10.2 Å². The molecule has 0 bridgehead atoms. The Hall–Kier alpha value is -3.43. The fourth-order valence-corrected chi connectivity index (χ4v) is 5.27. The highest BCUT2D eigenvalue weighted by Crippen LogP contribution is 2.26.